The van der Waals surface area contributed by atoms with E-state index in [2.05, 4.69) is 15.5 Å². The van der Waals surface area contributed by atoms with Crippen molar-refractivity contribution in [3.05, 3.63) is 23.8 Å². The van der Waals surface area contributed by atoms with Crippen molar-refractivity contribution in [1.29, 1.82) is 0 Å². The topological polar surface area (TPSA) is 79.9 Å². The fourth-order valence-corrected chi connectivity index (χ4v) is 5.18. The first-order chi connectivity index (χ1) is 13.9. The number of fused-ring (bicyclic) bond motifs is 3. The van der Waals surface area contributed by atoms with Crippen LogP contribution in [0.15, 0.2) is 18.2 Å². The highest BCUT2D eigenvalue weighted by Crippen LogP contribution is 2.52. The third-order valence-electron chi connectivity index (χ3n) is 6.69. The van der Waals surface area contributed by atoms with Crippen LogP contribution in [0.3, 0.4) is 0 Å². The van der Waals surface area contributed by atoms with Gasteiger partial charge >= 0.3 is 0 Å². The molecule has 7 heteroatoms. The van der Waals surface area contributed by atoms with E-state index in [9.17, 15) is 9.59 Å². The van der Waals surface area contributed by atoms with E-state index in [0.29, 0.717) is 30.0 Å². The zero-order valence-corrected chi connectivity index (χ0v) is 17.5. The Bertz CT molecular complexity index is 796. The number of nitrogens with one attached hydrogen (secondary N) is 2. The number of carbonyl (C=O) groups excluding carboxylic acids is 2. The van der Waals surface area contributed by atoms with Crippen molar-refractivity contribution in [3.63, 3.8) is 0 Å². The molecule has 1 aromatic carbocycles. The molecular formula is C22H31N3O4. The smallest absolute Gasteiger partial charge is 0.258 e. The number of nitrogens with zero attached hydrogens (tertiary/aromatic N) is 1. The van der Waals surface area contributed by atoms with Gasteiger partial charge in [-0.05, 0) is 64.4 Å². The van der Waals surface area contributed by atoms with E-state index in [-0.39, 0.29) is 29.6 Å². The maximum Gasteiger partial charge on any atom is 0.258 e. The summed E-state index contributed by atoms with van der Waals surface area (Å²) in [6.07, 6.45) is 4.35. The lowest BCUT2D eigenvalue weighted by molar-refractivity contribution is -0.146. The van der Waals surface area contributed by atoms with Gasteiger partial charge in [0.15, 0.2) is 5.72 Å². The predicted octanol–water partition coefficient (Wildman–Crippen LogP) is 2.02. The van der Waals surface area contributed by atoms with Crippen LogP contribution < -0.4 is 20.1 Å². The fraction of sp³-hybridized carbons (Fsp3) is 0.636. The van der Waals surface area contributed by atoms with E-state index in [1.165, 1.54) is 0 Å². The lowest BCUT2D eigenvalue weighted by Crippen LogP contribution is -2.66. The molecule has 1 spiro atoms. The van der Waals surface area contributed by atoms with Gasteiger partial charge in [-0.2, -0.15) is 0 Å². The van der Waals surface area contributed by atoms with Gasteiger partial charge in [0, 0.05) is 30.9 Å². The van der Waals surface area contributed by atoms with Gasteiger partial charge < -0.3 is 25.0 Å². The number of hydrogen-bond acceptors (Lipinski definition) is 5. The molecule has 3 fully saturated rings. The molecule has 29 heavy (non-hydrogen) atoms. The second kappa shape index (κ2) is 7.86. The van der Waals surface area contributed by atoms with Crippen molar-refractivity contribution in [2.24, 2.45) is 17.8 Å². The number of ether oxygens (including phenoxy) is 2. The van der Waals surface area contributed by atoms with Gasteiger partial charge in [0.1, 0.15) is 11.5 Å². The number of rotatable bonds is 6. The second-order valence-electron chi connectivity index (χ2n) is 8.84. The Morgan fingerprint density at radius 2 is 2.21 bits per heavy atom. The minimum absolute atomic E-state index is 0.00550. The molecule has 5 rings (SSSR count). The summed E-state index contributed by atoms with van der Waals surface area (Å²) in [5.41, 5.74) is -0.172. The molecule has 1 aromatic rings. The molecule has 1 aliphatic heterocycles. The highest BCUT2D eigenvalue weighted by molar-refractivity contribution is 5.98. The minimum atomic E-state index is -0.707. The summed E-state index contributed by atoms with van der Waals surface area (Å²) >= 11 is 0. The summed E-state index contributed by atoms with van der Waals surface area (Å²) in [4.78, 5) is 27.7. The minimum Gasteiger partial charge on any atom is -0.497 e. The fourth-order valence-electron chi connectivity index (χ4n) is 5.18. The molecule has 0 aromatic heterocycles. The van der Waals surface area contributed by atoms with Crippen molar-refractivity contribution < 1.29 is 19.1 Å². The summed E-state index contributed by atoms with van der Waals surface area (Å²) in [6.45, 7) is 1.67. The van der Waals surface area contributed by atoms with Gasteiger partial charge in [0.25, 0.3) is 5.91 Å². The molecule has 4 aliphatic rings. The van der Waals surface area contributed by atoms with Crippen LogP contribution in [0.4, 0.5) is 0 Å². The Balaban J connectivity index is 1.45. The summed E-state index contributed by atoms with van der Waals surface area (Å²) in [7, 11) is 5.67. The van der Waals surface area contributed by atoms with Crippen LogP contribution in [0.25, 0.3) is 0 Å². The molecular weight excluding hydrogens is 370 g/mol. The quantitative estimate of drug-likeness (QED) is 0.713. The number of amides is 2. The zero-order chi connectivity index (χ0) is 20.6. The predicted molar refractivity (Wildman–Crippen MR) is 109 cm³/mol. The lowest BCUT2D eigenvalue weighted by atomic mass is 9.60. The van der Waals surface area contributed by atoms with E-state index in [4.69, 9.17) is 9.47 Å². The molecule has 3 aliphatic carbocycles. The third-order valence-corrected chi connectivity index (χ3v) is 6.69. The molecule has 1 heterocycles. The Morgan fingerprint density at radius 1 is 1.38 bits per heavy atom. The van der Waals surface area contributed by atoms with Gasteiger partial charge in [-0.25, -0.2) is 0 Å². The van der Waals surface area contributed by atoms with Crippen molar-refractivity contribution in [2.75, 3.05) is 34.3 Å². The van der Waals surface area contributed by atoms with E-state index < -0.39 is 5.72 Å². The number of methoxy groups -OCH3 is 1. The standard InChI is InChI=1S/C22H31N3O4/c1-25(2)10-4-9-23-20(26)18-11-15-6-5-14(18)13-22(15)24-21(27)17-8-7-16(28-3)12-19(17)29-22/h7-8,12,14-15,18H,4-6,9-11,13H2,1-3H3,(H,23,26)(H,24,27)/t14-,15+,18-,22+/m1/s1. The van der Waals surface area contributed by atoms with Gasteiger partial charge in [-0.1, -0.05) is 0 Å². The largest absolute Gasteiger partial charge is 0.497 e. The first kappa shape index (κ1) is 20.0. The van der Waals surface area contributed by atoms with E-state index in [1.54, 1.807) is 25.3 Å². The molecule has 0 radical (unpaired) electrons. The van der Waals surface area contributed by atoms with Gasteiger partial charge in [0.2, 0.25) is 5.91 Å². The molecule has 2 bridgehead atoms. The average molecular weight is 402 g/mol. The van der Waals surface area contributed by atoms with Crippen LogP contribution in [-0.2, 0) is 4.79 Å². The molecule has 4 atom stereocenters. The van der Waals surface area contributed by atoms with Crippen molar-refractivity contribution in [1.82, 2.24) is 15.5 Å². The Kier molecular flexibility index (Phi) is 5.42. The Labute approximate surface area is 172 Å². The summed E-state index contributed by atoms with van der Waals surface area (Å²) in [6, 6.07) is 5.29. The molecule has 158 valence electrons. The van der Waals surface area contributed by atoms with Crippen LogP contribution in [0.1, 0.15) is 42.5 Å². The molecule has 2 amide bonds. The number of hydrogen-bond donors (Lipinski definition) is 2. The van der Waals surface area contributed by atoms with Crippen LogP contribution in [-0.4, -0.2) is 56.7 Å². The molecule has 0 saturated heterocycles. The molecule has 2 N–H and O–H groups in total. The van der Waals surface area contributed by atoms with E-state index in [0.717, 1.165) is 32.2 Å². The van der Waals surface area contributed by atoms with E-state index >= 15 is 0 Å². The Hall–Kier alpha value is -2.28. The highest BCUT2D eigenvalue weighted by Gasteiger charge is 2.57. The first-order valence-electron chi connectivity index (χ1n) is 10.5. The third kappa shape index (κ3) is 3.80. The summed E-state index contributed by atoms with van der Waals surface area (Å²) in [5.74, 6) is 1.65. The molecule has 7 nitrogen and oxygen atoms in total. The van der Waals surface area contributed by atoms with Crippen LogP contribution in [0, 0.1) is 17.8 Å². The van der Waals surface area contributed by atoms with Crippen molar-refractivity contribution in [2.45, 2.75) is 37.8 Å². The van der Waals surface area contributed by atoms with E-state index in [1.807, 2.05) is 14.1 Å². The number of benzene rings is 1. The second-order valence-corrected chi connectivity index (χ2v) is 8.84. The summed E-state index contributed by atoms with van der Waals surface area (Å²) < 4.78 is 11.7. The molecule has 3 saturated carbocycles. The zero-order valence-electron chi connectivity index (χ0n) is 17.5. The maximum absolute atomic E-state index is 12.8. The monoisotopic (exact) mass is 401 g/mol. The SMILES string of the molecule is COc1ccc2c(c1)O[C@]1(C[C@H]3CC[C@H]1C[C@H]3C(=O)NCCCN(C)C)NC2=O. The first-order valence-corrected chi connectivity index (χ1v) is 10.5. The lowest BCUT2D eigenvalue weighted by Gasteiger charge is -2.55. The van der Waals surface area contributed by atoms with Gasteiger partial charge in [0.05, 0.1) is 12.7 Å². The summed E-state index contributed by atoms with van der Waals surface area (Å²) in [5, 5.41) is 6.26. The van der Waals surface area contributed by atoms with Crippen LogP contribution in [0.5, 0.6) is 11.5 Å². The van der Waals surface area contributed by atoms with Gasteiger partial charge in [-0.3, -0.25) is 9.59 Å². The molecule has 0 unspecified atom stereocenters. The highest BCUT2D eigenvalue weighted by atomic mass is 16.5. The maximum atomic E-state index is 12.8. The van der Waals surface area contributed by atoms with Crippen molar-refractivity contribution in [3.8, 4) is 11.5 Å². The van der Waals surface area contributed by atoms with Gasteiger partial charge in [-0.15, -0.1) is 0 Å². The normalized spacial score (nSPS) is 29.9. The van der Waals surface area contributed by atoms with Crippen LogP contribution >= 0.6 is 0 Å². The van der Waals surface area contributed by atoms with Crippen molar-refractivity contribution >= 4 is 11.8 Å². The van der Waals surface area contributed by atoms with Crippen LogP contribution in [0.2, 0.25) is 0 Å². The Morgan fingerprint density at radius 3 is 2.90 bits per heavy atom. The average Bonchev–Trinajstić information content (AvgIpc) is 2.70. The number of carbonyl (C=O) groups is 2.